The largest absolute Gasteiger partial charge is 0.471 e. The van der Waals surface area contributed by atoms with Crippen molar-refractivity contribution in [3.05, 3.63) is 60.2 Å². The molecule has 0 spiro atoms. The molecule has 3 aromatic rings. The molecule has 0 unspecified atom stereocenters. The van der Waals surface area contributed by atoms with Crippen LogP contribution in [0.15, 0.2) is 54.6 Å². The highest BCUT2D eigenvalue weighted by molar-refractivity contribution is 6.77. The number of alkyl halides is 3. The number of rotatable bonds is 25. The van der Waals surface area contributed by atoms with Crippen LogP contribution in [0, 0.1) is 0 Å². The number of hydrogen-bond acceptors (Lipinski definition) is 8. The molecule has 3 aromatic carbocycles. The SMILES string of the molecule is CC(C)[Si](O[C@@H](COCc1c2ccccc2cc2ccccc12)COC(=O)NCCCOCCOCCOCCCNC(=O)C(F)(F)F)(C(C)C)C(C)C. The van der Waals surface area contributed by atoms with Gasteiger partial charge in [0.15, 0.2) is 0 Å². The summed E-state index contributed by atoms with van der Waals surface area (Å²) in [6.07, 6.45) is -5.00. The van der Waals surface area contributed by atoms with Gasteiger partial charge in [-0.05, 0) is 62.6 Å². The Hall–Kier alpha value is -3.27. The van der Waals surface area contributed by atoms with Crippen molar-refractivity contribution in [2.24, 2.45) is 0 Å². The molecular weight excluding hydrogens is 722 g/mol. The van der Waals surface area contributed by atoms with Gasteiger partial charge in [-0.3, -0.25) is 4.79 Å². The van der Waals surface area contributed by atoms with Crippen LogP contribution in [0.1, 0.15) is 59.9 Å². The van der Waals surface area contributed by atoms with Gasteiger partial charge in [-0.1, -0.05) is 90.1 Å². The molecule has 0 aromatic heterocycles. The Morgan fingerprint density at radius 3 is 1.65 bits per heavy atom. The maximum atomic E-state index is 12.7. The Morgan fingerprint density at radius 2 is 1.15 bits per heavy atom. The van der Waals surface area contributed by atoms with Gasteiger partial charge >= 0.3 is 18.2 Å². The molecule has 0 fully saturated rings. The van der Waals surface area contributed by atoms with Crippen LogP contribution < -0.4 is 10.6 Å². The van der Waals surface area contributed by atoms with E-state index in [9.17, 15) is 22.8 Å². The van der Waals surface area contributed by atoms with Crippen LogP contribution in [-0.4, -0.2) is 98.5 Å². The first-order valence-corrected chi connectivity index (χ1v) is 21.0. The highest BCUT2D eigenvalue weighted by Gasteiger charge is 2.47. The van der Waals surface area contributed by atoms with Crippen molar-refractivity contribution in [1.29, 1.82) is 0 Å². The normalized spacial score (nSPS) is 13.0. The van der Waals surface area contributed by atoms with Crippen molar-refractivity contribution < 1.29 is 50.9 Å². The monoisotopic (exact) mass is 780 g/mol. The van der Waals surface area contributed by atoms with Gasteiger partial charge in [-0.25, -0.2) is 4.79 Å². The van der Waals surface area contributed by atoms with Crippen molar-refractivity contribution in [1.82, 2.24) is 10.6 Å². The van der Waals surface area contributed by atoms with E-state index in [1.807, 2.05) is 24.3 Å². The standard InChI is InChI=1S/C40H59F3N2O8Si/c1-29(2)54(30(3)4,31(5)6)53-34(26-51-28-37-35-15-9-7-13-32(35)25-33-14-8-10-16-36(33)37)27-52-39(47)45-18-12-20-49-22-24-50-23-21-48-19-11-17-44-38(46)40(41,42)43/h7-10,13-16,25,29-31,34H,11-12,17-24,26-28H2,1-6H3,(H,44,46)(H,45,47)/t34-/m0/s1. The number of amides is 2. The fraction of sp³-hybridized carbons (Fsp3) is 0.600. The molecule has 0 bridgehead atoms. The molecule has 0 saturated heterocycles. The zero-order valence-electron chi connectivity index (χ0n) is 32.6. The second-order valence-electron chi connectivity index (χ2n) is 14.2. The van der Waals surface area contributed by atoms with Crippen LogP contribution >= 0.6 is 0 Å². The minimum atomic E-state index is -4.88. The van der Waals surface area contributed by atoms with Gasteiger partial charge in [0.2, 0.25) is 8.32 Å². The topological polar surface area (TPSA) is 114 Å². The molecule has 3 rings (SSSR count). The van der Waals surface area contributed by atoms with E-state index in [0.717, 1.165) is 27.1 Å². The van der Waals surface area contributed by atoms with Crippen LogP contribution in [-0.2, 0) is 39.5 Å². The van der Waals surface area contributed by atoms with Crippen molar-refractivity contribution in [3.8, 4) is 0 Å². The van der Waals surface area contributed by atoms with E-state index in [2.05, 4.69) is 77.2 Å². The summed E-state index contributed by atoms with van der Waals surface area (Å²) < 4.78 is 71.8. The highest BCUT2D eigenvalue weighted by Crippen LogP contribution is 2.43. The number of ether oxygens (including phenoxy) is 5. The summed E-state index contributed by atoms with van der Waals surface area (Å²) in [5, 5.41) is 9.19. The predicted molar refractivity (Wildman–Crippen MR) is 207 cm³/mol. The first-order chi connectivity index (χ1) is 25.8. The van der Waals surface area contributed by atoms with Gasteiger partial charge in [0.05, 0.1) is 39.6 Å². The number of benzene rings is 3. The molecule has 2 N–H and O–H groups in total. The van der Waals surface area contributed by atoms with Crippen molar-refractivity contribution >= 4 is 41.9 Å². The number of hydrogen-bond donors (Lipinski definition) is 2. The summed E-state index contributed by atoms with van der Waals surface area (Å²) in [6.45, 7) is 16.2. The molecule has 2 amide bonds. The second kappa shape index (κ2) is 22.9. The van der Waals surface area contributed by atoms with E-state index in [4.69, 9.17) is 28.1 Å². The highest BCUT2D eigenvalue weighted by atomic mass is 28.4. The Bertz CT molecular complexity index is 1500. The van der Waals surface area contributed by atoms with E-state index >= 15 is 0 Å². The molecule has 0 aliphatic carbocycles. The van der Waals surface area contributed by atoms with Crippen LogP contribution in [0.2, 0.25) is 16.6 Å². The number of halogens is 3. The molecular formula is C40H59F3N2O8Si. The van der Waals surface area contributed by atoms with E-state index in [0.29, 0.717) is 62.6 Å². The maximum Gasteiger partial charge on any atom is 0.471 e. The minimum Gasteiger partial charge on any atom is -0.447 e. The fourth-order valence-corrected chi connectivity index (χ4v) is 12.5. The van der Waals surface area contributed by atoms with E-state index in [1.165, 1.54) is 0 Å². The molecule has 10 nitrogen and oxygen atoms in total. The van der Waals surface area contributed by atoms with Crippen LogP contribution in [0.5, 0.6) is 0 Å². The summed E-state index contributed by atoms with van der Waals surface area (Å²) in [7, 11) is -2.32. The lowest BCUT2D eigenvalue weighted by Crippen LogP contribution is -2.52. The van der Waals surface area contributed by atoms with Crippen LogP contribution in [0.3, 0.4) is 0 Å². The third kappa shape index (κ3) is 14.1. The molecule has 0 heterocycles. The summed E-state index contributed by atoms with van der Waals surface area (Å²) in [5.74, 6) is -1.96. The maximum absolute atomic E-state index is 12.7. The molecule has 54 heavy (non-hydrogen) atoms. The first kappa shape index (κ1) is 45.1. The Labute approximate surface area is 318 Å². The molecule has 0 aliphatic heterocycles. The molecule has 0 radical (unpaired) electrons. The summed E-state index contributed by atoms with van der Waals surface area (Å²) in [5.41, 5.74) is 2.16. The summed E-state index contributed by atoms with van der Waals surface area (Å²) in [4.78, 5) is 23.5. The average molecular weight is 781 g/mol. The van der Waals surface area contributed by atoms with Gasteiger partial charge in [0.1, 0.15) is 12.7 Å². The number of alkyl carbamates (subject to hydrolysis) is 1. The van der Waals surface area contributed by atoms with Gasteiger partial charge in [-0.15, -0.1) is 0 Å². The Morgan fingerprint density at radius 1 is 0.667 bits per heavy atom. The third-order valence-electron chi connectivity index (χ3n) is 9.40. The van der Waals surface area contributed by atoms with E-state index in [1.54, 1.807) is 5.32 Å². The third-order valence-corrected chi connectivity index (χ3v) is 15.6. The second-order valence-corrected chi connectivity index (χ2v) is 19.6. The summed E-state index contributed by atoms with van der Waals surface area (Å²) >= 11 is 0. The van der Waals surface area contributed by atoms with Gasteiger partial charge in [0.25, 0.3) is 0 Å². The van der Waals surface area contributed by atoms with Crippen molar-refractivity contribution in [3.63, 3.8) is 0 Å². The van der Waals surface area contributed by atoms with E-state index < -0.39 is 32.6 Å². The molecule has 14 heteroatoms. The molecule has 0 aliphatic rings. The average Bonchev–Trinajstić information content (AvgIpc) is 3.12. The predicted octanol–water partition coefficient (Wildman–Crippen LogP) is 8.31. The molecule has 302 valence electrons. The quantitative estimate of drug-likeness (QED) is 0.0502. The Kier molecular flexibility index (Phi) is 19.2. The molecule has 1 atom stereocenters. The summed E-state index contributed by atoms with van der Waals surface area (Å²) in [6, 6.07) is 18.9. The number of carbonyl (C=O) groups is 2. The van der Waals surface area contributed by atoms with Crippen LogP contribution in [0.25, 0.3) is 21.5 Å². The van der Waals surface area contributed by atoms with Gasteiger partial charge in [-0.2, -0.15) is 13.2 Å². The Balaban J connectivity index is 1.40. The zero-order valence-corrected chi connectivity index (χ0v) is 33.6. The zero-order chi connectivity index (χ0) is 39.6. The smallest absolute Gasteiger partial charge is 0.447 e. The van der Waals surface area contributed by atoms with Crippen molar-refractivity contribution in [2.45, 2.75) is 89.9 Å². The number of nitrogens with one attached hydrogen (secondary N) is 2. The number of fused-ring (bicyclic) bond motifs is 2. The van der Waals surface area contributed by atoms with Crippen molar-refractivity contribution in [2.75, 3.05) is 65.9 Å². The first-order valence-electron chi connectivity index (χ1n) is 18.9. The van der Waals surface area contributed by atoms with E-state index in [-0.39, 0.29) is 39.4 Å². The lowest BCUT2D eigenvalue weighted by atomic mass is 9.97. The molecule has 0 saturated carbocycles. The van der Waals surface area contributed by atoms with Crippen LogP contribution in [0.4, 0.5) is 18.0 Å². The van der Waals surface area contributed by atoms with Gasteiger partial charge < -0.3 is 38.7 Å². The fourth-order valence-electron chi connectivity index (χ4n) is 6.97. The lowest BCUT2D eigenvalue weighted by Gasteiger charge is -2.44. The van der Waals surface area contributed by atoms with Gasteiger partial charge in [0, 0.05) is 26.3 Å². The lowest BCUT2D eigenvalue weighted by molar-refractivity contribution is -0.173. The number of carbonyl (C=O) groups excluding carboxylic acids is 2. The minimum absolute atomic E-state index is 0.0647.